The van der Waals surface area contributed by atoms with Gasteiger partial charge in [0.1, 0.15) is 11.8 Å². The van der Waals surface area contributed by atoms with Gasteiger partial charge in [0.2, 0.25) is 5.91 Å². The van der Waals surface area contributed by atoms with E-state index < -0.39 is 6.04 Å². The summed E-state index contributed by atoms with van der Waals surface area (Å²) in [5.41, 5.74) is 2.42. The third kappa shape index (κ3) is 6.28. The van der Waals surface area contributed by atoms with Gasteiger partial charge in [-0.15, -0.1) is 0 Å². The molecule has 0 bridgehead atoms. The highest BCUT2D eigenvalue weighted by Gasteiger charge is 2.35. The number of rotatable bonds is 9. The lowest BCUT2D eigenvalue weighted by Gasteiger charge is -2.38. The van der Waals surface area contributed by atoms with Crippen molar-refractivity contribution in [2.24, 2.45) is 0 Å². The molecule has 1 atom stereocenters. The highest BCUT2D eigenvalue weighted by atomic mass is 16.5. The Kier molecular flexibility index (Phi) is 8.16. The lowest BCUT2D eigenvalue weighted by atomic mass is 9.74. The highest BCUT2D eigenvalue weighted by molar-refractivity contribution is 5.97. The Labute approximate surface area is 206 Å². The Morgan fingerprint density at radius 3 is 2.17 bits per heavy atom. The van der Waals surface area contributed by atoms with Crippen LogP contribution in [0, 0.1) is 0 Å². The highest BCUT2D eigenvalue weighted by Crippen LogP contribution is 2.35. The van der Waals surface area contributed by atoms with Crippen molar-refractivity contribution in [3.63, 3.8) is 0 Å². The van der Waals surface area contributed by atoms with Crippen molar-refractivity contribution >= 4 is 11.8 Å². The normalized spacial score (nSPS) is 15.6. The molecule has 0 saturated carbocycles. The number of hydrogen-bond acceptors (Lipinski definition) is 4. The summed E-state index contributed by atoms with van der Waals surface area (Å²) < 4.78 is 10.9. The number of carbonyl (C=O) groups excluding carboxylic acids is 2. The summed E-state index contributed by atoms with van der Waals surface area (Å²) in [6.07, 6.45) is 2.02. The molecule has 0 spiro atoms. The molecule has 0 aliphatic carbocycles. The fourth-order valence-corrected chi connectivity index (χ4v) is 4.54. The summed E-state index contributed by atoms with van der Waals surface area (Å²) in [4.78, 5) is 26.3. The SMILES string of the molecule is COc1ccc(C2(CNC(=O)C(Cc3ccccc3)NC(=O)c3ccccc3)CCOCC2)cc1. The largest absolute Gasteiger partial charge is 0.497 e. The van der Waals surface area contributed by atoms with E-state index in [2.05, 4.69) is 22.8 Å². The number of benzene rings is 3. The molecule has 1 heterocycles. The molecule has 3 aromatic carbocycles. The first-order chi connectivity index (χ1) is 17.1. The number of hydrogen-bond donors (Lipinski definition) is 2. The van der Waals surface area contributed by atoms with Crippen LogP contribution in [0.25, 0.3) is 0 Å². The summed E-state index contributed by atoms with van der Waals surface area (Å²) in [5, 5.41) is 6.10. The molecule has 1 aliphatic rings. The minimum absolute atomic E-state index is 0.197. The van der Waals surface area contributed by atoms with Gasteiger partial charge in [-0.25, -0.2) is 0 Å². The second-order valence-electron chi connectivity index (χ2n) is 8.92. The first kappa shape index (κ1) is 24.5. The van der Waals surface area contributed by atoms with Crippen molar-refractivity contribution in [2.75, 3.05) is 26.9 Å². The molecule has 1 saturated heterocycles. The minimum atomic E-state index is -0.696. The average molecular weight is 473 g/mol. The number of nitrogens with one attached hydrogen (secondary N) is 2. The van der Waals surface area contributed by atoms with Gasteiger partial charge in [0.25, 0.3) is 5.91 Å². The van der Waals surface area contributed by atoms with Crippen LogP contribution in [0.3, 0.4) is 0 Å². The van der Waals surface area contributed by atoms with Crippen LogP contribution in [-0.2, 0) is 21.4 Å². The van der Waals surface area contributed by atoms with Crippen LogP contribution in [-0.4, -0.2) is 44.7 Å². The fraction of sp³-hybridized carbons (Fsp3) is 0.310. The van der Waals surface area contributed by atoms with E-state index in [0.29, 0.717) is 31.7 Å². The van der Waals surface area contributed by atoms with Crippen molar-refractivity contribution < 1.29 is 19.1 Å². The Bertz CT molecular complexity index is 1090. The van der Waals surface area contributed by atoms with Crippen LogP contribution in [0.5, 0.6) is 5.75 Å². The minimum Gasteiger partial charge on any atom is -0.497 e. The van der Waals surface area contributed by atoms with E-state index in [0.717, 1.165) is 29.7 Å². The first-order valence-corrected chi connectivity index (χ1v) is 12.0. The molecule has 6 nitrogen and oxygen atoms in total. The lowest BCUT2D eigenvalue weighted by molar-refractivity contribution is -0.123. The predicted molar refractivity (Wildman–Crippen MR) is 136 cm³/mol. The quantitative estimate of drug-likeness (QED) is 0.495. The van der Waals surface area contributed by atoms with Gasteiger partial charge < -0.3 is 20.1 Å². The molecule has 6 heteroatoms. The van der Waals surface area contributed by atoms with Crippen LogP contribution in [0.4, 0.5) is 0 Å². The molecule has 3 aromatic rings. The molecule has 4 rings (SSSR count). The van der Waals surface area contributed by atoms with Crippen LogP contribution in [0.1, 0.15) is 34.3 Å². The molecular formula is C29H32N2O4. The Hall–Kier alpha value is -3.64. The van der Waals surface area contributed by atoms with E-state index in [9.17, 15) is 9.59 Å². The Balaban J connectivity index is 1.51. The van der Waals surface area contributed by atoms with E-state index in [1.54, 1.807) is 19.2 Å². The number of amides is 2. The maximum absolute atomic E-state index is 13.5. The van der Waals surface area contributed by atoms with E-state index in [-0.39, 0.29) is 17.2 Å². The van der Waals surface area contributed by atoms with Crippen molar-refractivity contribution in [3.05, 3.63) is 102 Å². The van der Waals surface area contributed by atoms with Crippen molar-refractivity contribution in [1.82, 2.24) is 10.6 Å². The average Bonchev–Trinajstić information content (AvgIpc) is 2.93. The maximum Gasteiger partial charge on any atom is 0.251 e. The van der Waals surface area contributed by atoms with E-state index in [1.165, 1.54) is 0 Å². The third-order valence-electron chi connectivity index (χ3n) is 6.69. The van der Waals surface area contributed by atoms with E-state index in [4.69, 9.17) is 9.47 Å². The standard InChI is InChI=1S/C29H32N2O4/c1-34-25-14-12-24(13-15-25)29(16-18-35-19-17-29)21-30-28(33)26(20-22-8-4-2-5-9-22)31-27(32)23-10-6-3-7-11-23/h2-15,26H,16-21H2,1H3,(H,30,33)(H,31,32). The van der Waals surface area contributed by atoms with Gasteiger partial charge in [-0.05, 0) is 48.2 Å². The zero-order valence-electron chi connectivity index (χ0n) is 20.0. The second kappa shape index (κ2) is 11.7. The molecule has 1 unspecified atom stereocenters. The summed E-state index contributed by atoms with van der Waals surface area (Å²) >= 11 is 0. The molecule has 1 fully saturated rings. The summed E-state index contributed by atoms with van der Waals surface area (Å²) in [5.74, 6) is 0.335. The second-order valence-corrected chi connectivity index (χ2v) is 8.92. The topological polar surface area (TPSA) is 76.7 Å². The molecule has 0 radical (unpaired) electrons. The Morgan fingerprint density at radius 2 is 1.54 bits per heavy atom. The molecule has 182 valence electrons. The van der Waals surface area contributed by atoms with Crippen LogP contribution < -0.4 is 15.4 Å². The predicted octanol–water partition coefficient (Wildman–Crippen LogP) is 3.90. The van der Waals surface area contributed by atoms with Crippen molar-refractivity contribution in [1.29, 1.82) is 0 Å². The molecule has 2 amide bonds. The van der Waals surface area contributed by atoms with Crippen LogP contribution >= 0.6 is 0 Å². The molecule has 35 heavy (non-hydrogen) atoms. The van der Waals surface area contributed by atoms with Crippen molar-refractivity contribution in [3.8, 4) is 5.75 Å². The zero-order valence-corrected chi connectivity index (χ0v) is 20.0. The van der Waals surface area contributed by atoms with Gasteiger partial charge in [0, 0.05) is 37.2 Å². The van der Waals surface area contributed by atoms with Gasteiger partial charge >= 0.3 is 0 Å². The van der Waals surface area contributed by atoms with Gasteiger partial charge in [0.05, 0.1) is 7.11 Å². The molecule has 0 aromatic heterocycles. The van der Waals surface area contributed by atoms with E-state index >= 15 is 0 Å². The number of carbonyl (C=O) groups is 2. The van der Waals surface area contributed by atoms with Gasteiger partial charge in [0.15, 0.2) is 0 Å². The summed E-state index contributed by atoms with van der Waals surface area (Å²) in [6, 6.07) is 26.0. The Morgan fingerprint density at radius 1 is 0.914 bits per heavy atom. The summed E-state index contributed by atoms with van der Waals surface area (Å²) in [6.45, 7) is 1.74. The smallest absolute Gasteiger partial charge is 0.251 e. The van der Waals surface area contributed by atoms with Crippen LogP contribution in [0.2, 0.25) is 0 Å². The number of methoxy groups -OCH3 is 1. The zero-order chi connectivity index (χ0) is 24.5. The lowest BCUT2D eigenvalue weighted by Crippen LogP contribution is -2.52. The van der Waals surface area contributed by atoms with Crippen molar-refractivity contribution in [2.45, 2.75) is 30.7 Å². The fourth-order valence-electron chi connectivity index (χ4n) is 4.54. The molecule has 2 N–H and O–H groups in total. The van der Waals surface area contributed by atoms with E-state index in [1.807, 2.05) is 60.7 Å². The van der Waals surface area contributed by atoms with Gasteiger partial charge in [-0.2, -0.15) is 0 Å². The number of ether oxygens (including phenoxy) is 2. The van der Waals surface area contributed by atoms with Gasteiger partial charge in [-0.1, -0.05) is 60.7 Å². The van der Waals surface area contributed by atoms with Crippen LogP contribution in [0.15, 0.2) is 84.9 Å². The first-order valence-electron chi connectivity index (χ1n) is 12.0. The summed E-state index contributed by atoms with van der Waals surface area (Å²) in [7, 11) is 1.65. The third-order valence-corrected chi connectivity index (χ3v) is 6.69. The maximum atomic E-state index is 13.5. The molecular weight excluding hydrogens is 440 g/mol. The molecule has 1 aliphatic heterocycles. The van der Waals surface area contributed by atoms with Gasteiger partial charge in [-0.3, -0.25) is 9.59 Å². The monoisotopic (exact) mass is 472 g/mol.